The van der Waals surface area contributed by atoms with E-state index >= 15 is 0 Å². The van der Waals surface area contributed by atoms with E-state index in [0.29, 0.717) is 0 Å². The van der Waals surface area contributed by atoms with Crippen molar-refractivity contribution in [2.24, 2.45) is 0 Å². The molecule has 2 aromatic rings. The van der Waals surface area contributed by atoms with Crippen molar-refractivity contribution in [2.75, 3.05) is 14.2 Å². The smallest absolute Gasteiger partial charge is 0.270 e. The maximum Gasteiger partial charge on any atom is 0.297 e. The Balaban J connectivity index is 2.71. The molecule has 0 aliphatic rings. The van der Waals surface area contributed by atoms with Crippen LogP contribution in [0.3, 0.4) is 0 Å². The minimum absolute atomic E-state index is 0.0124. The van der Waals surface area contributed by atoms with Gasteiger partial charge in [-0.3, -0.25) is 28.6 Å². The standard InChI is InChI=1S/C16H14Br2N2O10S2/c1-29-31(25,26)13-7-9(19(21)22)3-5-11(13)15(17)16(18)12-6-4-10(20(23)24)8-14(12)32(27,28)30-2/h3-8,15-16H,1-2H3/t15-,16-/m0/s1. The SMILES string of the molecule is COS(=O)(=O)c1cc([N+](=O)[O-])ccc1[C@H](Br)[C@@H](Br)c1ccc([N+](=O)[O-])cc1S(=O)(=O)OC. The van der Waals surface area contributed by atoms with Gasteiger partial charge in [0, 0.05) is 24.3 Å². The van der Waals surface area contributed by atoms with E-state index in [1.807, 2.05) is 0 Å². The number of nitro benzene ring substituents is 2. The first-order valence-corrected chi connectivity index (χ1v) is 12.9. The first-order chi connectivity index (χ1) is 14.8. The fraction of sp³-hybridized carbons (Fsp3) is 0.250. The van der Waals surface area contributed by atoms with Gasteiger partial charge in [-0.2, -0.15) is 16.8 Å². The Bertz CT molecular complexity index is 1180. The average molecular weight is 618 g/mol. The maximum absolute atomic E-state index is 12.4. The number of alkyl halides is 2. The number of non-ortho nitro benzene ring substituents is 2. The third kappa shape index (κ3) is 5.32. The zero-order chi connectivity index (χ0) is 24.4. The first-order valence-electron chi connectivity index (χ1n) is 8.23. The van der Waals surface area contributed by atoms with Crippen LogP contribution >= 0.6 is 31.9 Å². The van der Waals surface area contributed by atoms with E-state index in [-0.39, 0.29) is 11.1 Å². The fourth-order valence-electron chi connectivity index (χ4n) is 2.66. The van der Waals surface area contributed by atoms with Crippen LogP contribution in [0.4, 0.5) is 11.4 Å². The molecular formula is C16H14Br2N2O10S2. The number of hydrogen-bond acceptors (Lipinski definition) is 10. The van der Waals surface area contributed by atoms with Crippen LogP contribution in [-0.4, -0.2) is 40.9 Å². The highest BCUT2D eigenvalue weighted by molar-refractivity contribution is 9.12. The zero-order valence-electron chi connectivity index (χ0n) is 16.2. The molecule has 0 spiro atoms. The molecule has 0 saturated heterocycles. The molecule has 0 N–H and O–H groups in total. The van der Waals surface area contributed by atoms with Gasteiger partial charge in [0.25, 0.3) is 31.6 Å². The highest BCUT2D eigenvalue weighted by Gasteiger charge is 2.33. The van der Waals surface area contributed by atoms with Gasteiger partial charge < -0.3 is 0 Å². The summed E-state index contributed by atoms with van der Waals surface area (Å²) in [5.41, 5.74) is -0.988. The molecule has 0 unspecified atom stereocenters. The Kier molecular flexibility index (Phi) is 8.11. The molecule has 0 radical (unpaired) electrons. The van der Waals surface area contributed by atoms with E-state index in [1.165, 1.54) is 12.1 Å². The van der Waals surface area contributed by atoms with Crippen molar-refractivity contribution in [3.63, 3.8) is 0 Å². The molecule has 32 heavy (non-hydrogen) atoms. The van der Waals surface area contributed by atoms with Crippen molar-refractivity contribution in [1.82, 2.24) is 0 Å². The predicted octanol–water partition coefficient (Wildman–Crippen LogP) is 3.75. The summed E-state index contributed by atoms with van der Waals surface area (Å²) in [6.45, 7) is 0. The van der Waals surface area contributed by atoms with Gasteiger partial charge >= 0.3 is 0 Å². The van der Waals surface area contributed by atoms with Crippen LogP contribution in [0.2, 0.25) is 0 Å². The molecule has 0 fully saturated rings. The van der Waals surface area contributed by atoms with E-state index in [2.05, 4.69) is 40.2 Å². The van der Waals surface area contributed by atoms with Gasteiger partial charge in [-0.1, -0.05) is 31.9 Å². The predicted molar refractivity (Wildman–Crippen MR) is 118 cm³/mol. The van der Waals surface area contributed by atoms with Gasteiger partial charge in [0.1, 0.15) is 9.79 Å². The summed E-state index contributed by atoms with van der Waals surface area (Å²) in [7, 11) is -7.03. The first kappa shape index (κ1) is 26.3. The van der Waals surface area contributed by atoms with Gasteiger partial charge in [0.15, 0.2) is 0 Å². The van der Waals surface area contributed by atoms with Crippen LogP contribution in [0.25, 0.3) is 0 Å². The van der Waals surface area contributed by atoms with Crippen LogP contribution in [0.5, 0.6) is 0 Å². The molecule has 0 aliphatic heterocycles. The molecule has 12 nitrogen and oxygen atoms in total. The number of nitro groups is 2. The second-order valence-corrected chi connectivity index (χ2v) is 11.3. The van der Waals surface area contributed by atoms with E-state index < -0.39 is 60.9 Å². The summed E-state index contributed by atoms with van der Waals surface area (Å²) in [6, 6.07) is 6.11. The van der Waals surface area contributed by atoms with Gasteiger partial charge in [0.2, 0.25) is 0 Å². The molecule has 2 atom stereocenters. The van der Waals surface area contributed by atoms with E-state index in [9.17, 15) is 37.1 Å². The highest BCUT2D eigenvalue weighted by Crippen LogP contribution is 2.47. The van der Waals surface area contributed by atoms with Crippen LogP contribution in [0.1, 0.15) is 20.8 Å². The lowest BCUT2D eigenvalue weighted by Crippen LogP contribution is -2.13. The minimum Gasteiger partial charge on any atom is -0.270 e. The second-order valence-electron chi connectivity index (χ2n) is 6.00. The Morgan fingerprint density at radius 2 is 1.06 bits per heavy atom. The Morgan fingerprint density at radius 1 is 0.750 bits per heavy atom. The number of hydrogen-bond donors (Lipinski definition) is 0. The molecule has 0 amide bonds. The lowest BCUT2D eigenvalue weighted by Gasteiger charge is -2.22. The van der Waals surface area contributed by atoms with Gasteiger partial charge in [-0.15, -0.1) is 0 Å². The highest BCUT2D eigenvalue weighted by atomic mass is 79.9. The van der Waals surface area contributed by atoms with Crippen molar-refractivity contribution in [1.29, 1.82) is 0 Å². The molecular weight excluding hydrogens is 604 g/mol. The molecule has 2 aromatic carbocycles. The molecule has 0 heterocycles. The molecule has 2 rings (SSSR count). The van der Waals surface area contributed by atoms with Crippen LogP contribution in [0, 0.1) is 20.2 Å². The minimum atomic E-state index is -4.39. The Labute approximate surface area is 199 Å². The van der Waals surface area contributed by atoms with Crippen molar-refractivity contribution in [3.05, 3.63) is 67.8 Å². The monoisotopic (exact) mass is 616 g/mol. The third-order valence-corrected chi connectivity index (χ3v) is 9.66. The number of nitrogens with zero attached hydrogens (tertiary/aromatic N) is 2. The summed E-state index contributed by atoms with van der Waals surface area (Å²) in [4.78, 5) is 17.6. The summed E-state index contributed by atoms with van der Waals surface area (Å²) in [5.74, 6) is 0. The molecule has 174 valence electrons. The third-order valence-electron chi connectivity index (χ3n) is 4.24. The maximum atomic E-state index is 12.4. The number of benzene rings is 2. The largest absolute Gasteiger partial charge is 0.297 e. The van der Waals surface area contributed by atoms with Crippen LogP contribution in [-0.2, 0) is 28.6 Å². The van der Waals surface area contributed by atoms with Crippen molar-refractivity contribution < 1.29 is 35.0 Å². The van der Waals surface area contributed by atoms with Crippen LogP contribution in [0.15, 0.2) is 46.2 Å². The van der Waals surface area contributed by atoms with Gasteiger partial charge in [-0.05, 0) is 23.3 Å². The molecule has 0 aliphatic carbocycles. The number of rotatable bonds is 9. The lowest BCUT2D eigenvalue weighted by molar-refractivity contribution is -0.385. The van der Waals surface area contributed by atoms with Crippen molar-refractivity contribution >= 4 is 63.5 Å². The summed E-state index contributed by atoms with van der Waals surface area (Å²) < 4.78 is 58.5. The molecule has 0 bridgehead atoms. The summed E-state index contributed by atoms with van der Waals surface area (Å²) in [6.07, 6.45) is 0. The normalized spacial score (nSPS) is 14.0. The Morgan fingerprint density at radius 3 is 1.31 bits per heavy atom. The second kappa shape index (κ2) is 9.88. The average Bonchev–Trinajstić information content (AvgIpc) is 2.77. The van der Waals surface area contributed by atoms with Crippen molar-refractivity contribution in [3.8, 4) is 0 Å². The summed E-state index contributed by atoms with van der Waals surface area (Å²) in [5, 5.41) is 22.2. The lowest BCUT2D eigenvalue weighted by atomic mass is 10.0. The van der Waals surface area contributed by atoms with E-state index in [1.54, 1.807) is 0 Å². The summed E-state index contributed by atoms with van der Waals surface area (Å²) >= 11 is 6.57. The van der Waals surface area contributed by atoms with Gasteiger partial charge in [0.05, 0.1) is 33.7 Å². The quantitative estimate of drug-likeness (QED) is 0.174. The molecule has 0 aromatic heterocycles. The molecule has 16 heteroatoms. The van der Waals surface area contributed by atoms with Crippen LogP contribution < -0.4 is 0 Å². The van der Waals surface area contributed by atoms with Gasteiger partial charge in [-0.25, -0.2) is 0 Å². The topological polar surface area (TPSA) is 173 Å². The fourth-order valence-corrected chi connectivity index (χ4v) is 6.18. The zero-order valence-corrected chi connectivity index (χ0v) is 21.0. The van der Waals surface area contributed by atoms with E-state index in [0.717, 1.165) is 38.5 Å². The Hall–Kier alpha value is -1.98. The van der Waals surface area contributed by atoms with E-state index in [4.69, 9.17) is 0 Å². The van der Waals surface area contributed by atoms with Crippen molar-refractivity contribution in [2.45, 2.75) is 19.4 Å². The molecule has 0 saturated carbocycles. The number of halogens is 2.